The van der Waals surface area contributed by atoms with Crippen LogP contribution in [0.5, 0.6) is 0 Å². The third-order valence-corrected chi connectivity index (χ3v) is 4.47. The van der Waals surface area contributed by atoms with E-state index in [1.807, 2.05) is 11.8 Å². The van der Waals surface area contributed by atoms with Gasteiger partial charge < -0.3 is 10.6 Å². The first kappa shape index (κ1) is 22.1. The molecule has 2 unspecified atom stereocenters. The maximum Gasteiger partial charge on any atom is 0.391 e. The molecule has 0 heterocycles. The molecule has 0 saturated heterocycles. The van der Waals surface area contributed by atoms with E-state index in [2.05, 4.69) is 21.9 Å². The number of hydrogen-bond acceptors (Lipinski definition) is 2. The highest BCUT2D eigenvalue weighted by Crippen LogP contribution is 2.37. The molecule has 2 N–H and O–H groups in total. The van der Waals surface area contributed by atoms with Crippen molar-refractivity contribution in [3.63, 3.8) is 0 Å². The average molecular weight is 453 g/mol. The number of aliphatic imine (C=N–C) groups is 1. The summed E-state index contributed by atoms with van der Waals surface area (Å²) in [5, 5.41) is 6.31. The third-order valence-electron chi connectivity index (χ3n) is 3.77. The average Bonchev–Trinajstić information content (AvgIpc) is 2.45. The Morgan fingerprint density at radius 3 is 2.59 bits per heavy atom. The molecule has 0 aromatic carbocycles. The van der Waals surface area contributed by atoms with Crippen molar-refractivity contribution >= 4 is 41.7 Å². The molecule has 8 heteroatoms. The summed E-state index contributed by atoms with van der Waals surface area (Å²) in [6, 6.07) is -0.136. The lowest BCUT2D eigenvalue weighted by Gasteiger charge is -2.31. The first-order valence-electron chi connectivity index (χ1n) is 7.50. The summed E-state index contributed by atoms with van der Waals surface area (Å²) in [5.41, 5.74) is 0. The fraction of sp³-hybridized carbons (Fsp3) is 0.929. The molecule has 1 rings (SSSR count). The molecule has 2 atom stereocenters. The van der Waals surface area contributed by atoms with Crippen LogP contribution >= 0.6 is 35.7 Å². The Morgan fingerprint density at radius 2 is 2.00 bits per heavy atom. The largest absolute Gasteiger partial charge is 0.391 e. The van der Waals surface area contributed by atoms with E-state index >= 15 is 0 Å². The van der Waals surface area contributed by atoms with Crippen LogP contribution in [0.25, 0.3) is 0 Å². The molecule has 0 bridgehead atoms. The Bertz CT molecular complexity index is 327. The lowest BCUT2D eigenvalue weighted by molar-refractivity contribution is -0.183. The second-order valence-electron chi connectivity index (χ2n) is 5.45. The quantitative estimate of drug-likeness (QED) is 0.276. The molecule has 1 aliphatic carbocycles. The van der Waals surface area contributed by atoms with Crippen LogP contribution in [0.4, 0.5) is 13.2 Å². The van der Waals surface area contributed by atoms with Gasteiger partial charge in [-0.25, -0.2) is 0 Å². The minimum absolute atomic E-state index is 0. The van der Waals surface area contributed by atoms with E-state index in [9.17, 15) is 13.2 Å². The molecule has 0 aromatic rings. The van der Waals surface area contributed by atoms with Crippen LogP contribution in [0, 0.1) is 5.92 Å². The van der Waals surface area contributed by atoms with E-state index in [0.717, 1.165) is 31.6 Å². The number of nitrogens with one attached hydrogen (secondary N) is 2. The Morgan fingerprint density at radius 1 is 1.27 bits per heavy atom. The van der Waals surface area contributed by atoms with Gasteiger partial charge in [0.2, 0.25) is 0 Å². The zero-order chi connectivity index (χ0) is 15.7. The number of nitrogens with zero attached hydrogens (tertiary/aromatic N) is 1. The lowest BCUT2D eigenvalue weighted by Crippen LogP contribution is -2.47. The maximum atomic E-state index is 12.8. The zero-order valence-corrected chi connectivity index (χ0v) is 16.4. The normalized spacial score (nSPS) is 22.9. The van der Waals surface area contributed by atoms with Gasteiger partial charge in [0.15, 0.2) is 5.96 Å². The van der Waals surface area contributed by atoms with Crippen LogP contribution in [-0.4, -0.2) is 43.8 Å². The van der Waals surface area contributed by atoms with E-state index in [4.69, 9.17) is 0 Å². The van der Waals surface area contributed by atoms with E-state index in [0.29, 0.717) is 12.4 Å². The Hall–Kier alpha value is 0.140. The van der Waals surface area contributed by atoms with Gasteiger partial charge in [0.1, 0.15) is 0 Å². The highest BCUT2D eigenvalue weighted by Gasteiger charge is 2.42. The minimum Gasteiger partial charge on any atom is -0.356 e. The topological polar surface area (TPSA) is 36.4 Å². The maximum absolute atomic E-state index is 12.8. The number of rotatable bonds is 6. The van der Waals surface area contributed by atoms with Gasteiger partial charge in [0.05, 0.1) is 5.92 Å². The number of hydrogen-bond donors (Lipinski definition) is 2. The molecule has 3 nitrogen and oxygen atoms in total. The molecule has 22 heavy (non-hydrogen) atoms. The Kier molecular flexibility index (Phi) is 11.7. The predicted octanol–water partition coefficient (Wildman–Crippen LogP) is 4.03. The fourth-order valence-corrected chi connectivity index (χ4v) is 3.08. The van der Waals surface area contributed by atoms with Crippen LogP contribution < -0.4 is 10.6 Å². The van der Waals surface area contributed by atoms with Gasteiger partial charge in [-0.15, -0.1) is 24.0 Å². The van der Waals surface area contributed by atoms with E-state index in [1.165, 1.54) is 0 Å². The van der Waals surface area contributed by atoms with Gasteiger partial charge in [0, 0.05) is 19.6 Å². The number of thioether (sulfide) groups is 1. The molecular weight excluding hydrogens is 426 g/mol. The van der Waals surface area contributed by atoms with Gasteiger partial charge in [0.25, 0.3) is 0 Å². The van der Waals surface area contributed by atoms with E-state index in [1.54, 1.807) is 7.05 Å². The van der Waals surface area contributed by atoms with Crippen LogP contribution in [0.1, 0.15) is 38.5 Å². The van der Waals surface area contributed by atoms with Gasteiger partial charge in [-0.2, -0.15) is 24.9 Å². The summed E-state index contributed by atoms with van der Waals surface area (Å²) in [6.07, 6.45) is 1.97. The van der Waals surface area contributed by atoms with Crippen LogP contribution in [-0.2, 0) is 0 Å². The SMILES string of the molecule is CN=C(NCCCCSC)NC1CCCC(C(F)(F)F)C1.I. The van der Waals surface area contributed by atoms with E-state index in [-0.39, 0.29) is 42.9 Å². The van der Waals surface area contributed by atoms with Crippen molar-refractivity contribution in [1.82, 2.24) is 10.6 Å². The fourth-order valence-electron chi connectivity index (χ4n) is 2.58. The highest BCUT2D eigenvalue weighted by molar-refractivity contribution is 14.0. The minimum atomic E-state index is -4.07. The highest BCUT2D eigenvalue weighted by atomic mass is 127. The standard InChI is InChI=1S/C14H26F3N3S.HI/c1-18-13(19-8-3-4-9-21-2)20-12-7-5-6-11(10-12)14(15,16)17;/h11-12H,3-10H2,1-2H3,(H2,18,19,20);1H. The monoisotopic (exact) mass is 453 g/mol. The predicted molar refractivity (Wildman–Crippen MR) is 99.3 cm³/mol. The molecule has 0 aliphatic heterocycles. The molecule has 0 radical (unpaired) electrons. The molecule has 1 aliphatic rings. The molecule has 0 aromatic heterocycles. The van der Waals surface area contributed by atoms with Crippen molar-refractivity contribution in [3.8, 4) is 0 Å². The number of halogens is 4. The van der Waals surface area contributed by atoms with Crippen molar-refractivity contribution in [2.24, 2.45) is 10.9 Å². The molecule has 0 spiro atoms. The lowest BCUT2D eigenvalue weighted by atomic mass is 9.85. The summed E-state index contributed by atoms with van der Waals surface area (Å²) in [6.45, 7) is 0.801. The van der Waals surface area contributed by atoms with Crippen LogP contribution in [0.3, 0.4) is 0 Å². The van der Waals surface area contributed by atoms with Crippen molar-refractivity contribution in [3.05, 3.63) is 0 Å². The Labute approximate surface area is 152 Å². The van der Waals surface area contributed by atoms with E-state index < -0.39 is 12.1 Å². The smallest absolute Gasteiger partial charge is 0.356 e. The summed E-state index contributed by atoms with van der Waals surface area (Å²) in [7, 11) is 1.65. The first-order valence-corrected chi connectivity index (χ1v) is 8.89. The summed E-state index contributed by atoms with van der Waals surface area (Å²) in [4.78, 5) is 4.10. The molecule has 0 amide bonds. The van der Waals surface area contributed by atoms with Crippen molar-refractivity contribution in [2.45, 2.75) is 50.7 Å². The number of alkyl halides is 3. The van der Waals surface area contributed by atoms with Crippen molar-refractivity contribution < 1.29 is 13.2 Å². The van der Waals surface area contributed by atoms with Gasteiger partial charge in [-0.1, -0.05) is 6.42 Å². The van der Waals surface area contributed by atoms with Gasteiger partial charge >= 0.3 is 6.18 Å². The van der Waals surface area contributed by atoms with Crippen LogP contribution in [0.15, 0.2) is 4.99 Å². The zero-order valence-electron chi connectivity index (χ0n) is 13.2. The third kappa shape index (κ3) is 8.69. The van der Waals surface area contributed by atoms with Crippen molar-refractivity contribution in [2.75, 3.05) is 25.6 Å². The molecular formula is C14H27F3IN3S. The Balaban J connectivity index is 0.00000441. The van der Waals surface area contributed by atoms with Gasteiger partial charge in [-0.3, -0.25) is 4.99 Å². The summed E-state index contributed by atoms with van der Waals surface area (Å²) >= 11 is 1.82. The molecule has 1 fully saturated rings. The molecule has 132 valence electrons. The molecule has 1 saturated carbocycles. The first-order chi connectivity index (χ1) is 9.97. The van der Waals surface area contributed by atoms with Crippen LogP contribution in [0.2, 0.25) is 0 Å². The second kappa shape index (κ2) is 11.6. The number of unbranched alkanes of at least 4 members (excludes halogenated alkanes) is 1. The summed E-state index contributed by atoms with van der Waals surface area (Å²) in [5.74, 6) is 0.569. The van der Waals surface area contributed by atoms with Crippen molar-refractivity contribution in [1.29, 1.82) is 0 Å². The van der Waals surface area contributed by atoms with Gasteiger partial charge in [-0.05, 0) is 44.1 Å². The number of guanidine groups is 1. The summed E-state index contributed by atoms with van der Waals surface area (Å²) < 4.78 is 38.3. The second-order valence-corrected chi connectivity index (χ2v) is 6.43.